The van der Waals surface area contributed by atoms with Crippen LogP contribution in [0, 0.1) is 0 Å². The van der Waals surface area contributed by atoms with Gasteiger partial charge in [0.15, 0.2) is 0 Å². The Morgan fingerprint density at radius 2 is 1.69 bits per heavy atom. The fraction of sp³-hybridized carbons (Fsp3) is 0.278. The summed E-state index contributed by atoms with van der Waals surface area (Å²) < 4.78 is 24.3. The molecule has 2 aromatic rings. The van der Waals surface area contributed by atoms with Crippen LogP contribution in [0.2, 0.25) is 5.02 Å². The highest BCUT2D eigenvalue weighted by atomic mass is 35.5. The van der Waals surface area contributed by atoms with Crippen molar-refractivity contribution in [3.63, 3.8) is 0 Å². The van der Waals surface area contributed by atoms with Gasteiger partial charge in [0.1, 0.15) is 11.8 Å². The van der Waals surface area contributed by atoms with Crippen LogP contribution >= 0.6 is 29.7 Å². The van der Waals surface area contributed by atoms with Gasteiger partial charge in [-0.05, 0) is 68.6 Å². The highest BCUT2D eigenvalue weighted by Crippen LogP contribution is 2.59. The summed E-state index contributed by atoms with van der Waals surface area (Å²) in [6, 6.07) is 14.9. The minimum absolute atomic E-state index is 0.259. The van der Waals surface area contributed by atoms with Gasteiger partial charge < -0.3 is 9.26 Å². The van der Waals surface area contributed by atoms with E-state index in [9.17, 15) is 9.36 Å². The molecule has 0 bridgehead atoms. The highest BCUT2D eigenvalue weighted by Gasteiger charge is 2.32. The lowest BCUT2D eigenvalue weighted by Crippen LogP contribution is -2.35. The maximum absolute atomic E-state index is 13.4. The molecule has 0 aliphatic carbocycles. The van der Waals surface area contributed by atoms with Crippen LogP contribution in [0.4, 0.5) is 0 Å². The summed E-state index contributed by atoms with van der Waals surface area (Å²) in [5, 5.41) is 3.38. The molecule has 0 saturated carbocycles. The third-order valence-corrected chi connectivity index (χ3v) is 7.09. The van der Waals surface area contributed by atoms with E-state index in [4.69, 9.17) is 20.9 Å². The van der Waals surface area contributed by atoms with Crippen molar-refractivity contribution >= 4 is 35.7 Å². The molecular formula is C18H21ClNO4PS. The summed E-state index contributed by atoms with van der Waals surface area (Å²) in [6.45, 7) is 1.60. The Morgan fingerprint density at radius 3 is 2.27 bits per heavy atom. The molecule has 0 aliphatic rings. The maximum Gasteiger partial charge on any atom is 0.379 e. The van der Waals surface area contributed by atoms with Crippen LogP contribution in [0.3, 0.4) is 0 Å². The van der Waals surface area contributed by atoms with Gasteiger partial charge in [-0.2, -0.15) is 0 Å². The lowest BCUT2D eigenvalue weighted by molar-refractivity contribution is -0.148. The van der Waals surface area contributed by atoms with Crippen LogP contribution in [0.5, 0.6) is 5.75 Å². The van der Waals surface area contributed by atoms with Gasteiger partial charge in [-0.1, -0.05) is 29.8 Å². The molecule has 2 atom stereocenters. The van der Waals surface area contributed by atoms with E-state index in [0.29, 0.717) is 15.7 Å². The van der Waals surface area contributed by atoms with Crippen molar-refractivity contribution in [2.24, 2.45) is 0 Å². The Bertz CT molecular complexity index is 771. The van der Waals surface area contributed by atoms with Crippen LogP contribution in [-0.2, 0) is 14.1 Å². The van der Waals surface area contributed by atoms with Crippen LogP contribution in [0.25, 0.3) is 0 Å². The molecule has 0 aromatic heterocycles. The molecule has 0 radical (unpaired) electrons. The SMILES string of the molecule is CC(C)OC(=O)[C@@H](C)N[P@@](=O)(Oc1ccccc1)Sc1ccc(Cl)cc1. The summed E-state index contributed by atoms with van der Waals surface area (Å²) >= 11 is 6.92. The van der Waals surface area contributed by atoms with Gasteiger partial charge in [0, 0.05) is 9.92 Å². The number of hydrogen-bond acceptors (Lipinski definition) is 5. The minimum atomic E-state index is -3.51. The molecular weight excluding hydrogens is 393 g/mol. The number of ether oxygens (including phenoxy) is 1. The van der Waals surface area contributed by atoms with Gasteiger partial charge in [0.05, 0.1) is 6.10 Å². The second-order valence-electron chi connectivity index (χ2n) is 5.78. The molecule has 8 heteroatoms. The first kappa shape index (κ1) is 20.8. The van der Waals surface area contributed by atoms with E-state index in [1.165, 1.54) is 0 Å². The molecule has 0 saturated heterocycles. The molecule has 5 nitrogen and oxygen atoms in total. The zero-order valence-corrected chi connectivity index (χ0v) is 17.2. The van der Waals surface area contributed by atoms with Gasteiger partial charge in [0.25, 0.3) is 0 Å². The summed E-state index contributed by atoms with van der Waals surface area (Å²) in [5.41, 5.74) is 0. The summed E-state index contributed by atoms with van der Waals surface area (Å²) in [6.07, 6.45) is -0.259. The molecule has 2 rings (SSSR count). The number of carbonyl (C=O) groups is 1. The Morgan fingerprint density at radius 1 is 1.08 bits per heavy atom. The lowest BCUT2D eigenvalue weighted by Gasteiger charge is -2.23. The second kappa shape index (κ2) is 9.47. The summed E-state index contributed by atoms with van der Waals surface area (Å²) in [5.74, 6) is -0.0529. The van der Waals surface area contributed by atoms with Crippen molar-refractivity contribution in [1.29, 1.82) is 0 Å². The topological polar surface area (TPSA) is 64.6 Å². The molecule has 1 N–H and O–H groups in total. The van der Waals surface area contributed by atoms with Gasteiger partial charge in [-0.3, -0.25) is 4.79 Å². The second-order valence-corrected chi connectivity index (χ2v) is 10.3. The first-order valence-electron chi connectivity index (χ1n) is 8.05. The number of benzene rings is 2. The molecule has 140 valence electrons. The fourth-order valence-corrected chi connectivity index (χ4v) is 5.93. The average Bonchev–Trinajstić information content (AvgIpc) is 2.57. The van der Waals surface area contributed by atoms with E-state index >= 15 is 0 Å². The van der Waals surface area contributed by atoms with Crippen molar-refractivity contribution in [3.8, 4) is 5.75 Å². The van der Waals surface area contributed by atoms with Gasteiger partial charge in [-0.25, -0.2) is 9.65 Å². The Balaban J connectivity index is 2.21. The monoisotopic (exact) mass is 413 g/mol. The van der Waals surface area contributed by atoms with Crippen LogP contribution in [0.1, 0.15) is 20.8 Å². The number of halogens is 1. The average molecular weight is 414 g/mol. The maximum atomic E-state index is 13.4. The first-order valence-corrected chi connectivity index (χ1v) is 11.5. The number of hydrogen-bond donors (Lipinski definition) is 1. The van der Waals surface area contributed by atoms with Crippen molar-refractivity contribution in [1.82, 2.24) is 5.09 Å². The minimum Gasteiger partial charge on any atom is -0.462 e. The van der Waals surface area contributed by atoms with Crippen molar-refractivity contribution in [3.05, 3.63) is 59.6 Å². The number of carbonyl (C=O) groups excluding carboxylic acids is 1. The quantitative estimate of drug-likeness (QED) is 0.452. The van der Waals surface area contributed by atoms with Crippen LogP contribution < -0.4 is 9.61 Å². The number of nitrogens with one attached hydrogen (secondary N) is 1. The van der Waals surface area contributed by atoms with E-state index < -0.39 is 18.7 Å². The standard InChI is InChI=1S/C18H21ClNO4PS/c1-13(2)23-18(21)14(3)20-25(22,24-16-7-5-4-6-8-16)26-17-11-9-15(19)10-12-17/h4-14H,1-3H3,(H,20,22)/t14-,25-/m1/s1. The third kappa shape index (κ3) is 6.69. The van der Waals surface area contributed by atoms with E-state index in [0.717, 1.165) is 11.4 Å². The van der Waals surface area contributed by atoms with Crippen molar-refractivity contribution in [2.45, 2.75) is 37.8 Å². The Labute approximate surface area is 162 Å². The largest absolute Gasteiger partial charge is 0.462 e. The molecule has 26 heavy (non-hydrogen) atoms. The number of rotatable bonds is 8. The third-order valence-electron chi connectivity index (χ3n) is 3.07. The van der Waals surface area contributed by atoms with Crippen molar-refractivity contribution < 1.29 is 18.6 Å². The molecule has 0 amide bonds. The van der Waals surface area contributed by atoms with E-state index in [2.05, 4.69) is 5.09 Å². The first-order chi connectivity index (χ1) is 12.3. The zero-order valence-electron chi connectivity index (χ0n) is 14.7. The predicted molar refractivity (Wildman–Crippen MR) is 106 cm³/mol. The molecule has 2 aromatic carbocycles. The summed E-state index contributed by atoms with van der Waals surface area (Å²) in [4.78, 5) is 12.8. The Hall–Kier alpha value is -1.46. The fourth-order valence-electron chi connectivity index (χ4n) is 1.95. The zero-order chi connectivity index (χ0) is 19.2. The number of esters is 1. The Kier molecular flexibility index (Phi) is 7.59. The smallest absolute Gasteiger partial charge is 0.379 e. The lowest BCUT2D eigenvalue weighted by atomic mass is 10.3. The van der Waals surface area contributed by atoms with Gasteiger partial charge in [0.2, 0.25) is 0 Å². The highest BCUT2D eigenvalue weighted by molar-refractivity contribution is 8.56. The van der Waals surface area contributed by atoms with E-state index in [-0.39, 0.29) is 6.10 Å². The van der Waals surface area contributed by atoms with Gasteiger partial charge >= 0.3 is 12.7 Å². The van der Waals surface area contributed by atoms with Crippen molar-refractivity contribution in [2.75, 3.05) is 0 Å². The molecule has 0 spiro atoms. The number of para-hydroxylation sites is 1. The molecule has 0 fully saturated rings. The summed E-state index contributed by atoms with van der Waals surface area (Å²) in [7, 11) is 0. The molecule has 0 heterocycles. The molecule has 0 unspecified atom stereocenters. The van der Waals surface area contributed by atoms with E-state index in [1.807, 2.05) is 6.07 Å². The van der Waals surface area contributed by atoms with E-state index in [1.54, 1.807) is 69.3 Å². The molecule has 0 aliphatic heterocycles. The van der Waals surface area contributed by atoms with Crippen LogP contribution in [0.15, 0.2) is 59.5 Å². The normalized spacial score (nSPS) is 14.5. The van der Waals surface area contributed by atoms with Gasteiger partial charge in [-0.15, -0.1) is 0 Å². The van der Waals surface area contributed by atoms with Crippen LogP contribution in [-0.4, -0.2) is 18.1 Å². The predicted octanol–water partition coefficient (Wildman–Crippen LogP) is 5.55.